The number of carboxylic acids is 1. The maximum Gasteiger partial charge on any atom is 0.407 e. The highest BCUT2D eigenvalue weighted by Crippen LogP contribution is 2.19. The molecule has 0 aromatic carbocycles. The monoisotopic (exact) mass is 243 g/mol. The van der Waals surface area contributed by atoms with Gasteiger partial charge in [-0.1, -0.05) is 12.7 Å². The van der Waals surface area contributed by atoms with Crippen molar-refractivity contribution in [3.05, 3.63) is 12.7 Å². The molecule has 2 atom stereocenters. The van der Waals surface area contributed by atoms with Gasteiger partial charge in [-0.2, -0.15) is 0 Å². The first kappa shape index (κ1) is 13.5. The lowest BCUT2D eigenvalue weighted by atomic mass is 9.96. The average molecular weight is 243 g/mol. The summed E-state index contributed by atoms with van der Waals surface area (Å²) in [6.45, 7) is 4.24. The fraction of sp³-hybridized carbons (Fsp3) is 0.636. The van der Waals surface area contributed by atoms with E-state index in [0.29, 0.717) is 19.4 Å². The summed E-state index contributed by atoms with van der Waals surface area (Å²) in [4.78, 5) is 21.9. The van der Waals surface area contributed by atoms with E-state index in [9.17, 15) is 9.59 Å². The van der Waals surface area contributed by atoms with Crippen molar-refractivity contribution in [3.8, 4) is 0 Å². The van der Waals surface area contributed by atoms with Gasteiger partial charge < -0.3 is 19.9 Å². The number of carbonyl (C=O) groups excluding carboxylic acids is 1. The molecule has 1 fully saturated rings. The number of amides is 1. The molecule has 2 N–H and O–H groups in total. The van der Waals surface area contributed by atoms with Crippen LogP contribution in [0.2, 0.25) is 0 Å². The Morgan fingerprint density at radius 3 is 3.00 bits per heavy atom. The molecule has 1 aliphatic rings. The van der Waals surface area contributed by atoms with Gasteiger partial charge in [-0.15, -0.1) is 0 Å². The molecular formula is C11H17NO5. The van der Waals surface area contributed by atoms with Crippen LogP contribution in [0.25, 0.3) is 0 Å². The van der Waals surface area contributed by atoms with Crippen molar-refractivity contribution in [2.45, 2.75) is 18.9 Å². The van der Waals surface area contributed by atoms with Gasteiger partial charge in [-0.3, -0.25) is 4.79 Å². The van der Waals surface area contributed by atoms with Gasteiger partial charge >= 0.3 is 12.1 Å². The van der Waals surface area contributed by atoms with E-state index in [-0.39, 0.29) is 25.2 Å². The van der Waals surface area contributed by atoms with Crippen molar-refractivity contribution >= 4 is 12.1 Å². The maximum absolute atomic E-state index is 11.1. The fourth-order valence-electron chi connectivity index (χ4n) is 1.63. The van der Waals surface area contributed by atoms with Crippen LogP contribution in [0.5, 0.6) is 0 Å². The fourth-order valence-corrected chi connectivity index (χ4v) is 1.63. The summed E-state index contributed by atoms with van der Waals surface area (Å²) in [6, 6.07) is 0. The second kappa shape index (κ2) is 6.90. The van der Waals surface area contributed by atoms with E-state index in [1.54, 1.807) is 0 Å². The zero-order chi connectivity index (χ0) is 12.7. The molecule has 1 saturated heterocycles. The van der Waals surface area contributed by atoms with E-state index in [1.807, 2.05) is 0 Å². The molecule has 1 amide bonds. The number of rotatable bonds is 5. The molecular weight excluding hydrogens is 226 g/mol. The third-order valence-electron chi connectivity index (χ3n) is 2.52. The largest absolute Gasteiger partial charge is 0.481 e. The van der Waals surface area contributed by atoms with Gasteiger partial charge in [0, 0.05) is 13.2 Å². The number of ether oxygens (including phenoxy) is 2. The third-order valence-corrected chi connectivity index (χ3v) is 2.52. The van der Waals surface area contributed by atoms with Gasteiger partial charge in [0.2, 0.25) is 0 Å². The molecule has 0 saturated carbocycles. The second-order valence-electron chi connectivity index (χ2n) is 3.82. The normalized spacial score (nSPS) is 23.8. The van der Waals surface area contributed by atoms with Crippen LogP contribution in [0.1, 0.15) is 12.8 Å². The quantitative estimate of drug-likeness (QED) is 0.697. The molecule has 0 radical (unpaired) electrons. The highest BCUT2D eigenvalue weighted by molar-refractivity contribution is 5.70. The van der Waals surface area contributed by atoms with Gasteiger partial charge in [-0.25, -0.2) is 4.79 Å². The molecule has 1 rings (SSSR count). The van der Waals surface area contributed by atoms with Crippen molar-refractivity contribution in [1.82, 2.24) is 5.32 Å². The standard InChI is InChI=1S/C11H17NO5/c1-2-4-17-11(15)12-7-9-6-8(10(13)14)3-5-16-9/h2,8-9H,1,3-7H2,(H,12,15)(H,13,14). The molecule has 1 heterocycles. The molecule has 0 aliphatic carbocycles. The van der Waals surface area contributed by atoms with Crippen molar-refractivity contribution < 1.29 is 24.2 Å². The number of alkyl carbamates (subject to hydrolysis) is 1. The molecule has 0 aromatic heterocycles. The molecule has 2 unspecified atom stereocenters. The molecule has 96 valence electrons. The van der Waals surface area contributed by atoms with Gasteiger partial charge in [0.1, 0.15) is 6.61 Å². The lowest BCUT2D eigenvalue weighted by molar-refractivity contribution is -0.146. The van der Waals surface area contributed by atoms with Crippen molar-refractivity contribution in [3.63, 3.8) is 0 Å². The minimum absolute atomic E-state index is 0.148. The Kier molecular flexibility index (Phi) is 5.48. The number of hydrogen-bond acceptors (Lipinski definition) is 4. The Morgan fingerprint density at radius 2 is 2.35 bits per heavy atom. The van der Waals surface area contributed by atoms with Crippen LogP contribution < -0.4 is 5.32 Å². The van der Waals surface area contributed by atoms with Crippen LogP contribution >= 0.6 is 0 Å². The molecule has 0 bridgehead atoms. The lowest BCUT2D eigenvalue weighted by Crippen LogP contribution is -2.39. The summed E-state index contributed by atoms with van der Waals surface area (Å²) in [7, 11) is 0. The average Bonchev–Trinajstić information content (AvgIpc) is 2.34. The van der Waals surface area contributed by atoms with Crippen LogP contribution in [0, 0.1) is 5.92 Å². The minimum Gasteiger partial charge on any atom is -0.481 e. The van der Waals surface area contributed by atoms with Gasteiger partial charge in [0.15, 0.2) is 0 Å². The SMILES string of the molecule is C=CCOC(=O)NCC1CC(C(=O)O)CCO1. The van der Waals surface area contributed by atoms with Crippen LogP contribution in [0.4, 0.5) is 4.79 Å². The highest BCUT2D eigenvalue weighted by atomic mass is 16.5. The molecule has 0 spiro atoms. The smallest absolute Gasteiger partial charge is 0.407 e. The Labute approximate surface area is 99.6 Å². The van der Waals surface area contributed by atoms with Gasteiger partial charge in [0.05, 0.1) is 12.0 Å². The van der Waals surface area contributed by atoms with E-state index in [1.165, 1.54) is 6.08 Å². The van der Waals surface area contributed by atoms with Crippen LogP contribution in [-0.2, 0) is 14.3 Å². The Morgan fingerprint density at radius 1 is 1.59 bits per heavy atom. The first-order valence-corrected chi connectivity index (χ1v) is 5.49. The van der Waals surface area contributed by atoms with Crippen LogP contribution in [0.3, 0.4) is 0 Å². The number of hydrogen-bond donors (Lipinski definition) is 2. The summed E-state index contributed by atoms with van der Waals surface area (Å²) < 4.78 is 10.1. The first-order chi connectivity index (χ1) is 8.13. The Bertz CT molecular complexity index is 292. The molecule has 17 heavy (non-hydrogen) atoms. The molecule has 1 aliphatic heterocycles. The summed E-state index contributed by atoms with van der Waals surface area (Å²) >= 11 is 0. The van der Waals surface area contributed by atoms with Crippen molar-refractivity contribution in [1.29, 1.82) is 0 Å². The number of carboxylic acid groups (broad SMARTS) is 1. The summed E-state index contributed by atoms with van der Waals surface area (Å²) in [5.74, 6) is -1.20. The van der Waals surface area contributed by atoms with E-state index >= 15 is 0 Å². The number of nitrogens with one attached hydrogen (secondary N) is 1. The minimum atomic E-state index is -0.812. The third kappa shape index (κ3) is 4.86. The lowest BCUT2D eigenvalue weighted by Gasteiger charge is -2.27. The maximum atomic E-state index is 11.1. The van der Waals surface area contributed by atoms with Crippen molar-refractivity contribution in [2.75, 3.05) is 19.8 Å². The van der Waals surface area contributed by atoms with Crippen molar-refractivity contribution in [2.24, 2.45) is 5.92 Å². The molecule has 0 aromatic rings. The number of aliphatic carboxylic acids is 1. The van der Waals surface area contributed by atoms with E-state index in [0.717, 1.165) is 0 Å². The Hall–Kier alpha value is -1.56. The van der Waals surface area contributed by atoms with Crippen LogP contribution in [0.15, 0.2) is 12.7 Å². The summed E-state index contributed by atoms with van der Waals surface area (Å²) in [5, 5.41) is 11.4. The number of carbonyl (C=O) groups is 2. The molecule has 6 heteroatoms. The second-order valence-corrected chi connectivity index (χ2v) is 3.82. The van der Waals surface area contributed by atoms with Crippen LogP contribution in [-0.4, -0.2) is 43.0 Å². The van der Waals surface area contributed by atoms with Gasteiger partial charge in [-0.05, 0) is 12.8 Å². The van der Waals surface area contributed by atoms with E-state index in [4.69, 9.17) is 14.6 Å². The Balaban J connectivity index is 2.24. The highest BCUT2D eigenvalue weighted by Gasteiger charge is 2.27. The van der Waals surface area contributed by atoms with E-state index in [2.05, 4.69) is 11.9 Å². The predicted molar refractivity (Wildman–Crippen MR) is 59.6 cm³/mol. The summed E-state index contributed by atoms with van der Waals surface area (Å²) in [6.07, 6.45) is 1.59. The topological polar surface area (TPSA) is 84.9 Å². The zero-order valence-electron chi connectivity index (χ0n) is 9.55. The van der Waals surface area contributed by atoms with Gasteiger partial charge in [0.25, 0.3) is 0 Å². The first-order valence-electron chi connectivity index (χ1n) is 5.49. The summed E-state index contributed by atoms with van der Waals surface area (Å²) in [5.41, 5.74) is 0. The predicted octanol–water partition coefficient (Wildman–Crippen LogP) is 0.778. The zero-order valence-corrected chi connectivity index (χ0v) is 9.55. The molecule has 6 nitrogen and oxygen atoms in total. The van der Waals surface area contributed by atoms with E-state index < -0.39 is 12.1 Å².